The Morgan fingerprint density at radius 3 is 2.33 bits per heavy atom. The molecule has 0 aromatic heterocycles. The molecule has 1 aliphatic heterocycles. The molecule has 24 heavy (non-hydrogen) atoms. The molecule has 4 atom stereocenters. The number of carbonyl (C=O) groups is 3. The molecule has 0 aliphatic carbocycles. The average Bonchev–Trinajstić information content (AvgIpc) is 2.47. The van der Waals surface area contributed by atoms with Crippen LogP contribution in [0.25, 0.3) is 0 Å². The van der Waals surface area contributed by atoms with Gasteiger partial charge in [0.2, 0.25) is 0 Å². The predicted octanol–water partition coefficient (Wildman–Crippen LogP) is 3.18. The van der Waals surface area contributed by atoms with Gasteiger partial charge in [0.25, 0.3) is 0 Å². The van der Waals surface area contributed by atoms with E-state index in [1.165, 1.54) is 4.90 Å². The van der Waals surface area contributed by atoms with Crippen molar-refractivity contribution in [3.63, 3.8) is 0 Å². The number of nitrogens with zero attached hydrogens (tertiary/aromatic N) is 1. The standard InChI is InChI=1S/C18H31NO5/c1-8-11(3)14-10-13(16(21)23-9-2)15(20)12(4)19(14)17(22)24-18(5,6)7/h11-14H,8-10H2,1-7H3/t11?,12-,13?,14?/m0/s1. The van der Waals surface area contributed by atoms with Crippen molar-refractivity contribution in [2.75, 3.05) is 6.61 Å². The highest BCUT2D eigenvalue weighted by Crippen LogP contribution is 2.33. The molecular formula is C18H31NO5. The van der Waals surface area contributed by atoms with Gasteiger partial charge in [0.05, 0.1) is 12.6 Å². The van der Waals surface area contributed by atoms with Crippen LogP contribution in [0.3, 0.4) is 0 Å². The lowest BCUT2D eigenvalue weighted by atomic mass is 9.80. The molecule has 0 aromatic rings. The third kappa shape index (κ3) is 4.71. The van der Waals surface area contributed by atoms with Gasteiger partial charge in [-0.1, -0.05) is 20.3 Å². The summed E-state index contributed by atoms with van der Waals surface area (Å²) in [5.74, 6) is -1.44. The SMILES string of the molecule is CCOC(=O)C1CC(C(C)CC)N(C(=O)OC(C)(C)C)[C@@H](C)C1=O. The normalized spacial score (nSPS) is 26.0. The number of rotatable bonds is 4. The van der Waals surface area contributed by atoms with Crippen molar-refractivity contribution in [2.24, 2.45) is 11.8 Å². The summed E-state index contributed by atoms with van der Waals surface area (Å²) < 4.78 is 10.5. The fraction of sp³-hybridized carbons (Fsp3) is 0.833. The summed E-state index contributed by atoms with van der Waals surface area (Å²) in [5, 5.41) is 0. The number of ether oxygens (including phenoxy) is 2. The summed E-state index contributed by atoms with van der Waals surface area (Å²) in [6.45, 7) is 13.0. The molecule has 3 unspecified atom stereocenters. The first-order chi connectivity index (χ1) is 11.0. The largest absolute Gasteiger partial charge is 0.465 e. The van der Waals surface area contributed by atoms with Crippen LogP contribution in [0.15, 0.2) is 0 Å². The molecule has 1 saturated heterocycles. The van der Waals surface area contributed by atoms with Gasteiger partial charge >= 0.3 is 12.1 Å². The fourth-order valence-electron chi connectivity index (χ4n) is 3.03. The van der Waals surface area contributed by atoms with E-state index in [0.29, 0.717) is 0 Å². The maximum atomic E-state index is 12.6. The van der Waals surface area contributed by atoms with Crippen molar-refractivity contribution < 1.29 is 23.9 Å². The second-order valence-corrected chi connectivity index (χ2v) is 7.46. The first-order valence-corrected chi connectivity index (χ1v) is 8.75. The Morgan fingerprint density at radius 2 is 1.88 bits per heavy atom. The zero-order valence-electron chi connectivity index (χ0n) is 15.9. The zero-order valence-corrected chi connectivity index (χ0v) is 15.9. The molecule has 1 rings (SSSR count). The number of ketones is 1. The van der Waals surface area contributed by atoms with Crippen molar-refractivity contribution in [2.45, 2.75) is 79.0 Å². The summed E-state index contributed by atoms with van der Waals surface area (Å²) in [7, 11) is 0. The summed E-state index contributed by atoms with van der Waals surface area (Å²) in [6.07, 6.45) is 0.618. The summed E-state index contributed by atoms with van der Waals surface area (Å²) in [6, 6.07) is -0.936. The molecule has 1 aliphatic rings. The van der Waals surface area contributed by atoms with Crippen LogP contribution in [-0.4, -0.2) is 47.0 Å². The fourth-order valence-corrected chi connectivity index (χ4v) is 3.03. The summed E-state index contributed by atoms with van der Waals surface area (Å²) in [5.41, 5.74) is -0.641. The maximum Gasteiger partial charge on any atom is 0.411 e. The van der Waals surface area contributed by atoms with E-state index in [1.807, 2.05) is 13.8 Å². The molecule has 0 radical (unpaired) electrons. The predicted molar refractivity (Wildman–Crippen MR) is 90.5 cm³/mol. The molecule has 1 heterocycles. The third-order valence-corrected chi connectivity index (χ3v) is 4.48. The zero-order chi connectivity index (χ0) is 18.7. The van der Waals surface area contributed by atoms with Crippen LogP contribution in [0.2, 0.25) is 0 Å². The van der Waals surface area contributed by atoms with E-state index in [0.717, 1.165) is 6.42 Å². The van der Waals surface area contributed by atoms with E-state index >= 15 is 0 Å². The first kappa shape index (κ1) is 20.5. The van der Waals surface area contributed by atoms with Gasteiger partial charge in [0.15, 0.2) is 5.78 Å². The van der Waals surface area contributed by atoms with Gasteiger partial charge in [-0.2, -0.15) is 0 Å². The van der Waals surface area contributed by atoms with Crippen LogP contribution >= 0.6 is 0 Å². The van der Waals surface area contributed by atoms with Crippen LogP contribution in [0.5, 0.6) is 0 Å². The minimum atomic E-state index is -0.808. The number of Topliss-reactive ketones (excluding diaryl/α,β-unsaturated/α-hetero) is 1. The van der Waals surface area contributed by atoms with Crippen LogP contribution in [0.4, 0.5) is 4.79 Å². The van der Waals surface area contributed by atoms with E-state index in [1.54, 1.807) is 34.6 Å². The molecule has 0 saturated carbocycles. The number of hydrogen-bond acceptors (Lipinski definition) is 5. The van der Waals surface area contributed by atoms with Crippen LogP contribution in [-0.2, 0) is 19.1 Å². The summed E-state index contributed by atoms with van der Waals surface area (Å²) >= 11 is 0. The molecular weight excluding hydrogens is 310 g/mol. The van der Waals surface area contributed by atoms with Gasteiger partial charge in [-0.05, 0) is 47.0 Å². The van der Waals surface area contributed by atoms with E-state index < -0.39 is 29.6 Å². The van der Waals surface area contributed by atoms with Crippen LogP contribution in [0, 0.1) is 11.8 Å². The Morgan fingerprint density at radius 1 is 1.29 bits per heavy atom. The Labute approximate surface area is 144 Å². The molecule has 1 fully saturated rings. The van der Waals surface area contributed by atoms with Gasteiger partial charge in [-0.25, -0.2) is 4.79 Å². The van der Waals surface area contributed by atoms with Gasteiger partial charge in [-0.15, -0.1) is 0 Å². The average molecular weight is 341 g/mol. The number of piperidine rings is 1. The Hall–Kier alpha value is -1.59. The van der Waals surface area contributed by atoms with Crippen molar-refractivity contribution in [3.05, 3.63) is 0 Å². The molecule has 0 aromatic carbocycles. The maximum absolute atomic E-state index is 12.6. The van der Waals surface area contributed by atoms with E-state index in [9.17, 15) is 14.4 Å². The number of carbonyl (C=O) groups excluding carboxylic acids is 3. The van der Waals surface area contributed by atoms with Gasteiger partial charge in [0.1, 0.15) is 11.5 Å². The molecule has 1 amide bonds. The second kappa shape index (κ2) is 7.99. The Balaban J connectivity index is 3.12. The van der Waals surface area contributed by atoms with Gasteiger partial charge < -0.3 is 9.47 Å². The molecule has 0 bridgehead atoms. The minimum absolute atomic E-state index is 0.144. The number of hydrogen-bond donors (Lipinski definition) is 0. The highest BCUT2D eigenvalue weighted by molar-refractivity contribution is 6.03. The van der Waals surface area contributed by atoms with Crippen molar-refractivity contribution in [1.29, 1.82) is 0 Å². The Bertz CT molecular complexity index is 482. The lowest BCUT2D eigenvalue weighted by Crippen LogP contribution is -2.60. The van der Waals surface area contributed by atoms with E-state index in [2.05, 4.69) is 0 Å². The van der Waals surface area contributed by atoms with Crippen molar-refractivity contribution >= 4 is 17.8 Å². The highest BCUT2D eigenvalue weighted by atomic mass is 16.6. The number of esters is 1. The number of amides is 1. The third-order valence-electron chi connectivity index (χ3n) is 4.48. The second-order valence-electron chi connectivity index (χ2n) is 7.46. The minimum Gasteiger partial charge on any atom is -0.465 e. The molecule has 6 heteroatoms. The molecule has 6 nitrogen and oxygen atoms in total. The van der Waals surface area contributed by atoms with Crippen LogP contribution < -0.4 is 0 Å². The van der Waals surface area contributed by atoms with E-state index in [-0.39, 0.29) is 30.8 Å². The lowest BCUT2D eigenvalue weighted by Gasteiger charge is -2.44. The molecule has 138 valence electrons. The van der Waals surface area contributed by atoms with Crippen molar-refractivity contribution in [1.82, 2.24) is 4.90 Å². The van der Waals surface area contributed by atoms with Crippen LogP contribution in [0.1, 0.15) is 61.3 Å². The van der Waals surface area contributed by atoms with Gasteiger partial charge in [0, 0.05) is 6.04 Å². The molecule has 0 spiro atoms. The quantitative estimate of drug-likeness (QED) is 0.580. The highest BCUT2D eigenvalue weighted by Gasteiger charge is 2.48. The smallest absolute Gasteiger partial charge is 0.411 e. The Kier molecular flexibility index (Phi) is 6.81. The topological polar surface area (TPSA) is 72.9 Å². The summed E-state index contributed by atoms with van der Waals surface area (Å²) in [4.78, 5) is 38.9. The monoisotopic (exact) mass is 341 g/mol. The van der Waals surface area contributed by atoms with Crippen molar-refractivity contribution in [3.8, 4) is 0 Å². The van der Waals surface area contributed by atoms with E-state index in [4.69, 9.17) is 9.47 Å². The number of likely N-dealkylation sites (tertiary alicyclic amines) is 1. The molecule has 0 N–H and O–H groups in total. The van der Waals surface area contributed by atoms with Gasteiger partial charge in [-0.3, -0.25) is 14.5 Å². The first-order valence-electron chi connectivity index (χ1n) is 8.75. The lowest BCUT2D eigenvalue weighted by molar-refractivity contribution is -0.157.